The molecule has 5 heteroatoms. The molecule has 2 atom stereocenters. The highest BCUT2D eigenvalue weighted by atomic mass is 19.4. The molecule has 1 heterocycles. The van der Waals surface area contributed by atoms with E-state index in [0.29, 0.717) is 13.2 Å². The lowest BCUT2D eigenvalue weighted by molar-refractivity contribution is -0.139. The Labute approximate surface area is 117 Å². The van der Waals surface area contributed by atoms with Gasteiger partial charge in [0.15, 0.2) is 0 Å². The molecular weight excluding hydrogens is 267 g/mol. The van der Waals surface area contributed by atoms with Gasteiger partial charge in [-0.2, -0.15) is 13.2 Å². The number of rotatable bonds is 5. The number of alkyl halides is 3. The highest BCUT2D eigenvalue weighted by molar-refractivity contribution is 5.32. The lowest BCUT2D eigenvalue weighted by Crippen LogP contribution is -2.26. The van der Waals surface area contributed by atoms with Crippen LogP contribution in [0.5, 0.6) is 0 Å². The molecule has 20 heavy (non-hydrogen) atoms. The Hall–Kier alpha value is -1.07. The summed E-state index contributed by atoms with van der Waals surface area (Å²) in [6, 6.07) is 5.73. The molecular formula is C15H20F3NO. The molecule has 1 aromatic rings. The monoisotopic (exact) mass is 287 g/mol. The molecule has 0 aliphatic carbocycles. The number of hydrogen-bond donors (Lipinski definition) is 1. The van der Waals surface area contributed by atoms with Crippen LogP contribution >= 0.6 is 0 Å². The van der Waals surface area contributed by atoms with E-state index >= 15 is 0 Å². The van der Waals surface area contributed by atoms with Crippen molar-refractivity contribution in [2.24, 2.45) is 5.92 Å². The molecule has 2 rings (SSSR count). The molecule has 2 unspecified atom stereocenters. The summed E-state index contributed by atoms with van der Waals surface area (Å²) in [5, 5.41) is 3.27. The third-order valence-electron chi connectivity index (χ3n) is 3.62. The SMILES string of the molecule is CCCNCC1CCOC1c1ccccc1C(F)(F)F. The van der Waals surface area contributed by atoms with E-state index in [9.17, 15) is 13.2 Å². The number of halogens is 3. The Balaban J connectivity index is 2.17. The fourth-order valence-electron chi connectivity index (χ4n) is 2.65. The van der Waals surface area contributed by atoms with Crippen LogP contribution in [0, 0.1) is 5.92 Å². The zero-order valence-corrected chi connectivity index (χ0v) is 11.5. The summed E-state index contributed by atoms with van der Waals surface area (Å²) in [7, 11) is 0. The maximum atomic E-state index is 13.1. The van der Waals surface area contributed by atoms with E-state index in [1.165, 1.54) is 12.1 Å². The number of ether oxygens (including phenoxy) is 1. The van der Waals surface area contributed by atoms with Crippen molar-refractivity contribution >= 4 is 0 Å². The summed E-state index contributed by atoms with van der Waals surface area (Å²) in [6.45, 7) is 4.17. The fraction of sp³-hybridized carbons (Fsp3) is 0.600. The molecule has 0 aromatic heterocycles. The Morgan fingerprint density at radius 2 is 2.05 bits per heavy atom. The van der Waals surface area contributed by atoms with Crippen LogP contribution in [0.15, 0.2) is 24.3 Å². The third-order valence-corrected chi connectivity index (χ3v) is 3.62. The predicted octanol–water partition coefficient (Wildman–Crippen LogP) is 3.78. The van der Waals surface area contributed by atoms with Gasteiger partial charge in [-0.05, 0) is 31.0 Å². The molecule has 0 saturated carbocycles. The van der Waals surface area contributed by atoms with E-state index in [0.717, 1.165) is 25.5 Å². The van der Waals surface area contributed by atoms with E-state index in [1.54, 1.807) is 6.07 Å². The number of hydrogen-bond acceptors (Lipinski definition) is 2. The molecule has 1 fully saturated rings. The lowest BCUT2D eigenvalue weighted by Gasteiger charge is -2.22. The Morgan fingerprint density at radius 3 is 2.75 bits per heavy atom. The van der Waals surface area contributed by atoms with Crippen molar-refractivity contribution in [3.05, 3.63) is 35.4 Å². The van der Waals surface area contributed by atoms with Gasteiger partial charge in [-0.15, -0.1) is 0 Å². The van der Waals surface area contributed by atoms with E-state index in [1.807, 2.05) is 0 Å². The minimum Gasteiger partial charge on any atom is -0.373 e. The van der Waals surface area contributed by atoms with Gasteiger partial charge >= 0.3 is 6.18 Å². The van der Waals surface area contributed by atoms with Gasteiger partial charge in [0.05, 0.1) is 11.7 Å². The van der Waals surface area contributed by atoms with Gasteiger partial charge < -0.3 is 10.1 Å². The lowest BCUT2D eigenvalue weighted by atomic mass is 9.92. The van der Waals surface area contributed by atoms with Crippen LogP contribution in [-0.4, -0.2) is 19.7 Å². The molecule has 1 aromatic carbocycles. The average molecular weight is 287 g/mol. The van der Waals surface area contributed by atoms with Crippen LogP contribution in [0.4, 0.5) is 13.2 Å². The first-order valence-electron chi connectivity index (χ1n) is 7.02. The molecule has 0 radical (unpaired) electrons. The standard InChI is InChI=1S/C15H20F3NO/c1-2-8-19-10-11-7-9-20-14(11)12-5-3-4-6-13(12)15(16,17)18/h3-6,11,14,19H,2,7-10H2,1H3. The number of benzene rings is 1. The Kier molecular flexibility index (Phi) is 5.05. The second-order valence-corrected chi connectivity index (χ2v) is 5.13. The van der Waals surface area contributed by atoms with Gasteiger partial charge in [-0.1, -0.05) is 25.1 Å². The first-order chi connectivity index (χ1) is 9.54. The fourth-order valence-corrected chi connectivity index (χ4v) is 2.65. The molecule has 1 aliphatic heterocycles. The van der Waals surface area contributed by atoms with Gasteiger partial charge in [-0.25, -0.2) is 0 Å². The normalized spacial score (nSPS) is 23.2. The number of nitrogens with one attached hydrogen (secondary N) is 1. The molecule has 1 aliphatic rings. The summed E-state index contributed by atoms with van der Waals surface area (Å²) in [6.07, 6.45) is -2.98. The summed E-state index contributed by atoms with van der Waals surface area (Å²) >= 11 is 0. The summed E-state index contributed by atoms with van der Waals surface area (Å²) in [4.78, 5) is 0. The van der Waals surface area contributed by atoms with E-state index in [2.05, 4.69) is 12.2 Å². The van der Waals surface area contributed by atoms with Crippen molar-refractivity contribution in [1.29, 1.82) is 0 Å². The van der Waals surface area contributed by atoms with Gasteiger partial charge in [0, 0.05) is 19.1 Å². The first kappa shape index (κ1) is 15.3. The predicted molar refractivity (Wildman–Crippen MR) is 71.4 cm³/mol. The maximum absolute atomic E-state index is 13.1. The largest absolute Gasteiger partial charge is 0.416 e. The average Bonchev–Trinajstić information content (AvgIpc) is 2.86. The molecule has 0 spiro atoms. The second-order valence-electron chi connectivity index (χ2n) is 5.13. The van der Waals surface area contributed by atoms with Crippen molar-refractivity contribution in [3.8, 4) is 0 Å². The smallest absolute Gasteiger partial charge is 0.373 e. The van der Waals surface area contributed by atoms with Crippen molar-refractivity contribution < 1.29 is 17.9 Å². The third kappa shape index (κ3) is 3.52. The van der Waals surface area contributed by atoms with Crippen molar-refractivity contribution in [2.45, 2.75) is 32.0 Å². The quantitative estimate of drug-likeness (QED) is 0.832. The molecule has 2 nitrogen and oxygen atoms in total. The van der Waals surface area contributed by atoms with Crippen molar-refractivity contribution in [3.63, 3.8) is 0 Å². The molecule has 0 bridgehead atoms. The van der Waals surface area contributed by atoms with Crippen LogP contribution in [0.3, 0.4) is 0 Å². The Morgan fingerprint density at radius 1 is 1.30 bits per heavy atom. The second kappa shape index (κ2) is 6.59. The summed E-state index contributed by atoms with van der Waals surface area (Å²) in [5.41, 5.74) is -0.312. The van der Waals surface area contributed by atoms with Crippen LogP contribution in [0.1, 0.15) is 37.0 Å². The maximum Gasteiger partial charge on any atom is 0.416 e. The van der Waals surface area contributed by atoms with Gasteiger partial charge in [0.1, 0.15) is 0 Å². The van der Waals surface area contributed by atoms with Gasteiger partial charge in [0.25, 0.3) is 0 Å². The van der Waals surface area contributed by atoms with E-state index in [-0.39, 0.29) is 11.5 Å². The first-order valence-corrected chi connectivity index (χ1v) is 7.02. The van der Waals surface area contributed by atoms with Crippen LogP contribution in [-0.2, 0) is 10.9 Å². The summed E-state index contributed by atoms with van der Waals surface area (Å²) < 4.78 is 44.8. The van der Waals surface area contributed by atoms with E-state index in [4.69, 9.17) is 4.74 Å². The molecule has 1 saturated heterocycles. The highest BCUT2D eigenvalue weighted by Crippen LogP contribution is 2.41. The minimum atomic E-state index is -4.33. The zero-order chi connectivity index (χ0) is 14.6. The van der Waals surface area contributed by atoms with Crippen molar-refractivity contribution in [1.82, 2.24) is 5.32 Å². The summed E-state index contributed by atoms with van der Waals surface area (Å²) in [5.74, 6) is 0.102. The molecule has 1 N–H and O–H groups in total. The van der Waals surface area contributed by atoms with Crippen LogP contribution < -0.4 is 5.32 Å². The van der Waals surface area contributed by atoms with Crippen molar-refractivity contribution in [2.75, 3.05) is 19.7 Å². The Bertz CT molecular complexity index is 433. The molecule has 112 valence electrons. The zero-order valence-electron chi connectivity index (χ0n) is 11.5. The minimum absolute atomic E-state index is 0.102. The molecule has 0 amide bonds. The van der Waals surface area contributed by atoms with Crippen LogP contribution in [0.2, 0.25) is 0 Å². The highest BCUT2D eigenvalue weighted by Gasteiger charge is 2.38. The van der Waals surface area contributed by atoms with Gasteiger partial charge in [0.2, 0.25) is 0 Å². The topological polar surface area (TPSA) is 21.3 Å². The van der Waals surface area contributed by atoms with E-state index < -0.39 is 17.8 Å². The van der Waals surface area contributed by atoms with Gasteiger partial charge in [-0.3, -0.25) is 0 Å². The van der Waals surface area contributed by atoms with Crippen LogP contribution in [0.25, 0.3) is 0 Å².